The largest absolute Gasteiger partial charge is 0.384 e. The summed E-state index contributed by atoms with van der Waals surface area (Å²) in [5.74, 6) is 0.830. The van der Waals surface area contributed by atoms with Crippen molar-refractivity contribution in [2.24, 2.45) is 5.92 Å². The highest BCUT2D eigenvalue weighted by Gasteiger charge is 2.20. The molecule has 0 saturated heterocycles. The highest BCUT2D eigenvalue weighted by atomic mass is 35.5. The van der Waals surface area contributed by atoms with Gasteiger partial charge in [-0.05, 0) is 24.6 Å². The lowest BCUT2D eigenvalue weighted by molar-refractivity contribution is 0.146. The number of methoxy groups -OCH3 is 1. The van der Waals surface area contributed by atoms with Crippen molar-refractivity contribution in [2.45, 2.75) is 12.8 Å². The van der Waals surface area contributed by atoms with E-state index in [4.69, 9.17) is 16.3 Å². The minimum atomic E-state index is 0.388. The third-order valence-electron chi connectivity index (χ3n) is 2.85. The maximum atomic E-state index is 6.23. The van der Waals surface area contributed by atoms with Crippen LogP contribution in [0.4, 0.5) is 0 Å². The summed E-state index contributed by atoms with van der Waals surface area (Å²) >= 11 is 6.23. The molecule has 0 aromatic heterocycles. The average Bonchev–Trinajstić information content (AvgIpc) is 2.27. The fraction of sp³-hybridized carbons (Fsp3) is 0.538. The summed E-state index contributed by atoms with van der Waals surface area (Å²) in [6.07, 6.45) is 0. The van der Waals surface area contributed by atoms with Crippen LogP contribution in [0, 0.1) is 5.92 Å². The van der Waals surface area contributed by atoms with Crippen molar-refractivity contribution in [3.63, 3.8) is 0 Å². The molecule has 0 heterocycles. The number of ether oxygens (including phenoxy) is 1. The highest BCUT2D eigenvalue weighted by Crippen LogP contribution is 2.29. The van der Waals surface area contributed by atoms with Gasteiger partial charge < -0.3 is 10.1 Å². The van der Waals surface area contributed by atoms with E-state index >= 15 is 0 Å². The number of nitrogens with one attached hydrogen (secondary N) is 1. The van der Waals surface area contributed by atoms with E-state index in [1.807, 2.05) is 25.2 Å². The Morgan fingerprint density at radius 3 is 2.62 bits per heavy atom. The van der Waals surface area contributed by atoms with Gasteiger partial charge in [0.15, 0.2) is 0 Å². The molecule has 1 aromatic rings. The van der Waals surface area contributed by atoms with Crippen molar-refractivity contribution >= 4 is 11.6 Å². The number of likely N-dealkylation sites (N-methyl/N-ethyl adjacent to an activating group) is 1. The van der Waals surface area contributed by atoms with Gasteiger partial charge in [0.2, 0.25) is 0 Å². The Morgan fingerprint density at radius 1 is 1.38 bits per heavy atom. The Kier molecular flexibility index (Phi) is 5.81. The quantitative estimate of drug-likeness (QED) is 0.827. The summed E-state index contributed by atoms with van der Waals surface area (Å²) in [6.45, 7) is 3.85. The summed E-state index contributed by atoms with van der Waals surface area (Å²) in [4.78, 5) is 0. The molecular weight excluding hydrogens is 222 g/mol. The van der Waals surface area contributed by atoms with Crippen LogP contribution in [-0.2, 0) is 4.74 Å². The van der Waals surface area contributed by atoms with Crippen LogP contribution in [0.15, 0.2) is 24.3 Å². The van der Waals surface area contributed by atoms with Crippen molar-refractivity contribution in [2.75, 3.05) is 27.3 Å². The molecule has 90 valence electrons. The molecule has 0 aliphatic carbocycles. The van der Waals surface area contributed by atoms with Gasteiger partial charge in [-0.2, -0.15) is 0 Å². The summed E-state index contributed by atoms with van der Waals surface area (Å²) in [6, 6.07) is 8.03. The summed E-state index contributed by atoms with van der Waals surface area (Å²) in [5, 5.41) is 4.06. The average molecular weight is 242 g/mol. The van der Waals surface area contributed by atoms with Crippen molar-refractivity contribution in [1.29, 1.82) is 0 Å². The molecule has 0 amide bonds. The standard InChI is InChI=1S/C13H20ClNO/c1-10(9-16-3)12(8-15-2)11-6-4-5-7-13(11)14/h4-7,10,12,15H,8-9H2,1-3H3. The number of halogens is 1. The molecule has 0 radical (unpaired) electrons. The second kappa shape index (κ2) is 6.89. The third-order valence-corrected chi connectivity index (χ3v) is 3.19. The molecule has 0 aliphatic heterocycles. The van der Waals surface area contributed by atoms with E-state index in [0.717, 1.165) is 18.2 Å². The molecule has 1 rings (SSSR count). The van der Waals surface area contributed by atoms with Crippen LogP contribution in [0.3, 0.4) is 0 Å². The molecule has 2 nitrogen and oxygen atoms in total. The molecular formula is C13H20ClNO. The second-order valence-corrected chi connectivity index (χ2v) is 4.53. The van der Waals surface area contributed by atoms with Crippen molar-refractivity contribution in [3.8, 4) is 0 Å². The van der Waals surface area contributed by atoms with Gasteiger partial charge >= 0.3 is 0 Å². The minimum Gasteiger partial charge on any atom is -0.384 e. The third kappa shape index (κ3) is 3.48. The molecule has 0 fully saturated rings. The number of rotatable bonds is 6. The first-order valence-electron chi connectivity index (χ1n) is 5.58. The lowest BCUT2D eigenvalue weighted by Crippen LogP contribution is -2.25. The Bertz CT molecular complexity index is 317. The predicted molar refractivity (Wildman–Crippen MR) is 69.2 cm³/mol. The smallest absolute Gasteiger partial charge is 0.0494 e. The molecule has 0 saturated carbocycles. The van der Waals surface area contributed by atoms with E-state index in [2.05, 4.69) is 18.3 Å². The zero-order valence-electron chi connectivity index (χ0n) is 10.2. The van der Waals surface area contributed by atoms with E-state index in [-0.39, 0.29) is 0 Å². The second-order valence-electron chi connectivity index (χ2n) is 4.12. The van der Waals surface area contributed by atoms with E-state index < -0.39 is 0 Å². The number of hydrogen-bond donors (Lipinski definition) is 1. The van der Waals surface area contributed by atoms with Gasteiger partial charge in [-0.25, -0.2) is 0 Å². The molecule has 2 atom stereocenters. The maximum Gasteiger partial charge on any atom is 0.0494 e. The molecule has 1 aromatic carbocycles. The van der Waals surface area contributed by atoms with Crippen LogP contribution >= 0.6 is 11.6 Å². The van der Waals surface area contributed by atoms with Crippen LogP contribution < -0.4 is 5.32 Å². The molecule has 0 aliphatic rings. The van der Waals surface area contributed by atoms with Gasteiger partial charge in [0, 0.05) is 31.2 Å². The first-order chi connectivity index (χ1) is 7.70. The van der Waals surface area contributed by atoms with E-state index in [9.17, 15) is 0 Å². The van der Waals surface area contributed by atoms with Gasteiger partial charge in [0.1, 0.15) is 0 Å². The SMILES string of the molecule is CNCC(c1ccccc1Cl)C(C)COC. The van der Waals surface area contributed by atoms with Crippen LogP contribution in [0.2, 0.25) is 5.02 Å². The maximum absolute atomic E-state index is 6.23. The fourth-order valence-corrected chi connectivity index (χ4v) is 2.27. The van der Waals surface area contributed by atoms with Gasteiger partial charge in [-0.1, -0.05) is 36.7 Å². The highest BCUT2D eigenvalue weighted by molar-refractivity contribution is 6.31. The van der Waals surface area contributed by atoms with Gasteiger partial charge in [0.25, 0.3) is 0 Å². The fourth-order valence-electron chi connectivity index (χ4n) is 1.99. The minimum absolute atomic E-state index is 0.388. The lowest BCUT2D eigenvalue weighted by atomic mass is 9.87. The van der Waals surface area contributed by atoms with Gasteiger partial charge in [-0.3, -0.25) is 0 Å². The Hall–Kier alpha value is -0.570. The zero-order chi connectivity index (χ0) is 12.0. The normalized spacial score (nSPS) is 14.8. The summed E-state index contributed by atoms with van der Waals surface area (Å²) in [5.41, 5.74) is 1.20. The first kappa shape index (κ1) is 13.5. The van der Waals surface area contributed by atoms with Crippen LogP contribution in [0.25, 0.3) is 0 Å². The first-order valence-corrected chi connectivity index (χ1v) is 5.96. The molecule has 0 spiro atoms. The van der Waals surface area contributed by atoms with Crippen molar-refractivity contribution < 1.29 is 4.74 Å². The Balaban J connectivity index is 2.88. The molecule has 3 heteroatoms. The summed E-state index contributed by atoms with van der Waals surface area (Å²) < 4.78 is 5.22. The van der Waals surface area contributed by atoms with Crippen molar-refractivity contribution in [3.05, 3.63) is 34.9 Å². The number of benzene rings is 1. The van der Waals surface area contributed by atoms with E-state index in [0.29, 0.717) is 11.8 Å². The van der Waals surface area contributed by atoms with Crippen molar-refractivity contribution in [1.82, 2.24) is 5.32 Å². The van der Waals surface area contributed by atoms with Gasteiger partial charge in [-0.15, -0.1) is 0 Å². The predicted octanol–water partition coefficient (Wildman–Crippen LogP) is 2.93. The van der Waals surface area contributed by atoms with E-state index in [1.54, 1.807) is 7.11 Å². The lowest BCUT2D eigenvalue weighted by Gasteiger charge is -2.24. The molecule has 1 N–H and O–H groups in total. The molecule has 2 unspecified atom stereocenters. The van der Waals surface area contributed by atoms with Gasteiger partial charge in [0.05, 0.1) is 0 Å². The van der Waals surface area contributed by atoms with Crippen LogP contribution in [0.1, 0.15) is 18.4 Å². The summed E-state index contributed by atoms with van der Waals surface area (Å²) in [7, 11) is 3.70. The van der Waals surface area contributed by atoms with Crippen LogP contribution in [-0.4, -0.2) is 27.3 Å². The van der Waals surface area contributed by atoms with Crippen LogP contribution in [0.5, 0.6) is 0 Å². The topological polar surface area (TPSA) is 21.3 Å². The molecule has 16 heavy (non-hydrogen) atoms. The number of hydrogen-bond acceptors (Lipinski definition) is 2. The zero-order valence-corrected chi connectivity index (χ0v) is 10.9. The Morgan fingerprint density at radius 2 is 2.06 bits per heavy atom. The monoisotopic (exact) mass is 241 g/mol. The van der Waals surface area contributed by atoms with E-state index in [1.165, 1.54) is 5.56 Å². The molecule has 0 bridgehead atoms. The Labute approximate surface area is 103 Å².